The molecule has 0 spiro atoms. The zero-order chi connectivity index (χ0) is 18.4. The van der Waals surface area contributed by atoms with Gasteiger partial charge in [0, 0.05) is 6.54 Å². The Bertz CT molecular complexity index is 917. The van der Waals surface area contributed by atoms with Crippen LogP contribution >= 0.6 is 12.2 Å². The SMILES string of the molecule is Cc1ccc(OCc2nn(CC(=O)NCc3ccccc3)c(=S)o2)cc1. The van der Waals surface area contributed by atoms with Crippen LogP contribution in [0.2, 0.25) is 0 Å². The van der Waals surface area contributed by atoms with Crippen LogP contribution in [-0.2, 0) is 24.5 Å². The Labute approximate surface area is 156 Å². The number of nitrogens with zero attached hydrogens (tertiary/aromatic N) is 2. The van der Waals surface area contributed by atoms with Crippen molar-refractivity contribution in [3.8, 4) is 5.75 Å². The van der Waals surface area contributed by atoms with Crippen LogP contribution in [0.25, 0.3) is 0 Å². The second kappa shape index (κ2) is 8.44. The first-order chi connectivity index (χ1) is 12.6. The Kier molecular flexibility index (Phi) is 5.80. The zero-order valence-corrected chi connectivity index (χ0v) is 15.2. The van der Waals surface area contributed by atoms with Gasteiger partial charge in [0.2, 0.25) is 5.91 Å². The fourth-order valence-corrected chi connectivity index (χ4v) is 2.48. The van der Waals surface area contributed by atoms with Crippen LogP contribution in [0, 0.1) is 11.8 Å². The molecule has 1 amide bonds. The average Bonchev–Trinajstić information content (AvgIpc) is 3.00. The molecule has 3 aromatic rings. The number of carbonyl (C=O) groups excluding carboxylic acids is 1. The van der Waals surface area contributed by atoms with E-state index in [1.807, 2.05) is 61.5 Å². The number of benzene rings is 2. The smallest absolute Gasteiger partial charge is 0.287 e. The number of aryl methyl sites for hydroxylation is 1. The summed E-state index contributed by atoms with van der Waals surface area (Å²) in [6, 6.07) is 17.3. The van der Waals surface area contributed by atoms with Gasteiger partial charge in [-0.2, -0.15) is 0 Å². The first-order valence-electron chi connectivity index (χ1n) is 8.17. The van der Waals surface area contributed by atoms with Crippen LogP contribution in [0.3, 0.4) is 0 Å². The number of carbonyl (C=O) groups is 1. The molecule has 2 aromatic carbocycles. The summed E-state index contributed by atoms with van der Waals surface area (Å²) in [5, 5.41) is 7.03. The summed E-state index contributed by atoms with van der Waals surface area (Å²) in [4.78, 5) is 12.2. The number of amides is 1. The maximum absolute atomic E-state index is 12.1. The van der Waals surface area contributed by atoms with E-state index in [0.717, 1.165) is 11.1 Å². The summed E-state index contributed by atoms with van der Waals surface area (Å²) in [5.41, 5.74) is 2.18. The molecule has 0 aliphatic carbocycles. The number of aromatic nitrogens is 2. The molecule has 0 atom stereocenters. The minimum atomic E-state index is -0.191. The number of hydrogen-bond acceptors (Lipinski definition) is 5. The van der Waals surface area contributed by atoms with Crippen molar-refractivity contribution >= 4 is 18.1 Å². The van der Waals surface area contributed by atoms with Crippen LogP contribution in [0.15, 0.2) is 59.0 Å². The largest absolute Gasteiger partial charge is 0.484 e. The Hall–Kier alpha value is -2.93. The lowest BCUT2D eigenvalue weighted by Crippen LogP contribution is -2.27. The maximum atomic E-state index is 12.1. The van der Waals surface area contributed by atoms with Gasteiger partial charge in [-0.25, -0.2) is 4.68 Å². The van der Waals surface area contributed by atoms with E-state index in [9.17, 15) is 4.79 Å². The van der Waals surface area contributed by atoms with Crippen LogP contribution < -0.4 is 10.1 Å². The van der Waals surface area contributed by atoms with Gasteiger partial charge in [0.25, 0.3) is 10.7 Å². The predicted octanol–water partition coefficient (Wildman–Crippen LogP) is 3.41. The molecule has 0 saturated carbocycles. The highest BCUT2D eigenvalue weighted by atomic mass is 32.1. The number of rotatable bonds is 7. The van der Waals surface area contributed by atoms with Crippen molar-refractivity contribution in [2.75, 3.05) is 0 Å². The van der Waals surface area contributed by atoms with E-state index >= 15 is 0 Å². The molecule has 0 radical (unpaired) electrons. The van der Waals surface area contributed by atoms with Gasteiger partial charge in [-0.1, -0.05) is 48.0 Å². The second-order valence-corrected chi connectivity index (χ2v) is 6.13. The fraction of sp³-hybridized carbons (Fsp3) is 0.211. The van der Waals surface area contributed by atoms with Crippen molar-refractivity contribution in [1.82, 2.24) is 15.1 Å². The molecule has 0 bridgehead atoms. The van der Waals surface area contributed by atoms with Crippen molar-refractivity contribution in [1.29, 1.82) is 0 Å². The number of nitrogens with one attached hydrogen (secondary N) is 1. The first kappa shape index (κ1) is 17.9. The van der Waals surface area contributed by atoms with Gasteiger partial charge in [-0.15, -0.1) is 5.10 Å². The minimum absolute atomic E-state index is 0.000299. The van der Waals surface area contributed by atoms with Gasteiger partial charge >= 0.3 is 0 Å². The van der Waals surface area contributed by atoms with Gasteiger partial charge in [0.15, 0.2) is 6.61 Å². The predicted molar refractivity (Wildman–Crippen MR) is 99.1 cm³/mol. The summed E-state index contributed by atoms with van der Waals surface area (Å²) >= 11 is 5.12. The van der Waals surface area contributed by atoms with E-state index in [2.05, 4.69) is 10.4 Å². The highest BCUT2D eigenvalue weighted by Crippen LogP contribution is 2.13. The number of ether oxygens (including phenoxy) is 1. The van der Waals surface area contributed by atoms with E-state index < -0.39 is 0 Å². The Morgan fingerprint density at radius 2 is 1.92 bits per heavy atom. The lowest BCUT2D eigenvalue weighted by Gasteiger charge is -2.05. The standard InChI is InChI=1S/C19H19N3O3S/c1-14-7-9-16(10-8-14)24-13-18-21-22(19(26)25-18)12-17(23)20-11-15-5-3-2-4-6-15/h2-10H,11-13H2,1H3,(H,20,23). The third kappa shape index (κ3) is 5.03. The lowest BCUT2D eigenvalue weighted by molar-refractivity contribution is -0.122. The van der Waals surface area contributed by atoms with Crippen molar-refractivity contribution in [2.24, 2.45) is 0 Å². The fourth-order valence-electron chi connectivity index (χ4n) is 2.28. The molecule has 0 unspecified atom stereocenters. The van der Waals surface area contributed by atoms with Crippen molar-refractivity contribution in [3.63, 3.8) is 0 Å². The van der Waals surface area contributed by atoms with Crippen LogP contribution in [0.4, 0.5) is 0 Å². The molecule has 0 aliphatic heterocycles. The van der Waals surface area contributed by atoms with Crippen molar-refractivity contribution in [3.05, 3.63) is 76.5 Å². The van der Waals surface area contributed by atoms with Gasteiger partial charge in [0.05, 0.1) is 0 Å². The molecule has 0 aliphatic rings. The highest BCUT2D eigenvalue weighted by Gasteiger charge is 2.10. The molecule has 0 fully saturated rings. The van der Waals surface area contributed by atoms with Gasteiger partial charge in [-0.3, -0.25) is 4.79 Å². The second-order valence-electron chi connectivity index (χ2n) is 5.78. The molecule has 1 aromatic heterocycles. The lowest BCUT2D eigenvalue weighted by atomic mass is 10.2. The number of hydrogen-bond donors (Lipinski definition) is 1. The van der Waals surface area contributed by atoms with E-state index in [-0.39, 0.29) is 23.9 Å². The summed E-state index contributed by atoms with van der Waals surface area (Å²) in [6.45, 7) is 2.60. The van der Waals surface area contributed by atoms with Crippen molar-refractivity contribution in [2.45, 2.75) is 26.6 Å². The molecule has 1 N–H and O–H groups in total. The Balaban J connectivity index is 1.53. The van der Waals surface area contributed by atoms with E-state index in [1.54, 1.807) is 0 Å². The Morgan fingerprint density at radius 3 is 2.65 bits per heavy atom. The molecular weight excluding hydrogens is 350 g/mol. The van der Waals surface area contributed by atoms with Crippen LogP contribution in [0.1, 0.15) is 17.0 Å². The van der Waals surface area contributed by atoms with E-state index in [1.165, 1.54) is 4.68 Å². The molecule has 26 heavy (non-hydrogen) atoms. The maximum Gasteiger partial charge on any atom is 0.287 e. The van der Waals surface area contributed by atoms with Gasteiger partial charge in [0.1, 0.15) is 12.3 Å². The molecule has 0 saturated heterocycles. The average molecular weight is 369 g/mol. The summed E-state index contributed by atoms with van der Waals surface area (Å²) in [5.74, 6) is 0.850. The monoisotopic (exact) mass is 369 g/mol. The van der Waals surface area contributed by atoms with Crippen LogP contribution in [-0.4, -0.2) is 15.7 Å². The zero-order valence-electron chi connectivity index (χ0n) is 14.3. The summed E-state index contributed by atoms with van der Waals surface area (Å²) in [7, 11) is 0. The summed E-state index contributed by atoms with van der Waals surface area (Å²) < 4.78 is 12.3. The quantitative estimate of drug-likeness (QED) is 0.647. The Morgan fingerprint density at radius 1 is 1.19 bits per heavy atom. The van der Waals surface area contributed by atoms with E-state index in [0.29, 0.717) is 18.2 Å². The van der Waals surface area contributed by atoms with Gasteiger partial charge < -0.3 is 14.5 Å². The normalized spacial score (nSPS) is 10.5. The minimum Gasteiger partial charge on any atom is -0.484 e. The molecule has 1 heterocycles. The van der Waals surface area contributed by atoms with Gasteiger partial charge in [-0.05, 0) is 36.8 Å². The topological polar surface area (TPSA) is 69.3 Å². The molecular formula is C19H19N3O3S. The van der Waals surface area contributed by atoms with Crippen LogP contribution in [0.5, 0.6) is 5.75 Å². The third-order valence-corrected chi connectivity index (χ3v) is 3.95. The summed E-state index contributed by atoms with van der Waals surface area (Å²) in [6.07, 6.45) is 0. The van der Waals surface area contributed by atoms with E-state index in [4.69, 9.17) is 21.4 Å². The molecule has 3 rings (SSSR count). The molecule has 134 valence electrons. The third-order valence-electron chi connectivity index (χ3n) is 3.66. The van der Waals surface area contributed by atoms with Crippen molar-refractivity contribution < 1.29 is 13.9 Å². The first-order valence-corrected chi connectivity index (χ1v) is 8.58. The highest BCUT2D eigenvalue weighted by molar-refractivity contribution is 7.71. The molecule has 6 nitrogen and oxygen atoms in total. The molecule has 7 heteroatoms.